The third kappa shape index (κ3) is 2.83. The van der Waals surface area contributed by atoms with E-state index in [1.165, 1.54) is 11.3 Å². The molecule has 1 saturated heterocycles. The van der Waals surface area contributed by atoms with Crippen molar-refractivity contribution in [3.8, 4) is 5.88 Å². The van der Waals surface area contributed by atoms with Gasteiger partial charge in [0, 0.05) is 31.4 Å². The molecule has 5 heteroatoms. The van der Waals surface area contributed by atoms with Crippen LogP contribution in [0.5, 0.6) is 5.88 Å². The summed E-state index contributed by atoms with van der Waals surface area (Å²) in [4.78, 5) is 2.50. The maximum Gasteiger partial charge on any atom is 0.240 e. The van der Waals surface area contributed by atoms with Crippen molar-refractivity contribution in [3.63, 3.8) is 0 Å². The first-order chi connectivity index (χ1) is 11.8. The topological polar surface area (TPSA) is 53.2 Å². The molecule has 0 bridgehead atoms. The van der Waals surface area contributed by atoms with Gasteiger partial charge in [-0.3, -0.25) is 5.10 Å². The number of fused-ring (bicyclic) bond motifs is 1. The summed E-state index contributed by atoms with van der Waals surface area (Å²) in [6, 6.07) is 17.6. The molecule has 1 aliphatic heterocycles. The van der Waals surface area contributed by atoms with E-state index in [0.29, 0.717) is 11.9 Å². The largest absolute Gasteiger partial charge is 0.480 e. The Morgan fingerprint density at radius 3 is 2.92 bits per heavy atom. The first kappa shape index (κ1) is 15.0. The Kier molecular flexibility index (Phi) is 4.09. The van der Waals surface area contributed by atoms with Gasteiger partial charge in [-0.25, -0.2) is 0 Å². The fourth-order valence-electron chi connectivity index (χ4n) is 3.49. The van der Waals surface area contributed by atoms with Crippen LogP contribution in [-0.2, 0) is 6.42 Å². The molecule has 0 saturated carbocycles. The van der Waals surface area contributed by atoms with Gasteiger partial charge >= 0.3 is 0 Å². The summed E-state index contributed by atoms with van der Waals surface area (Å²) in [5.74, 6) is 0.651. The van der Waals surface area contributed by atoms with Crippen LogP contribution in [0.3, 0.4) is 0 Å². The maximum atomic E-state index is 5.29. The number of piperazine rings is 1. The van der Waals surface area contributed by atoms with E-state index in [1.807, 2.05) is 0 Å². The number of aromatic amines is 1. The van der Waals surface area contributed by atoms with E-state index in [-0.39, 0.29) is 0 Å². The van der Waals surface area contributed by atoms with Gasteiger partial charge in [-0.15, -0.1) is 5.10 Å². The van der Waals surface area contributed by atoms with E-state index < -0.39 is 0 Å². The van der Waals surface area contributed by atoms with Crippen LogP contribution in [-0.4, -0.2) is 43.0 Å². The van der Waals surface area contributed by atoms with Gasteiger partial charge in [0.05, 0.1) is 18.0 Å². The minimum Gasteiger partial charge on any atom is -0.480 e. The van der Waals surface area contributed by atoms with E-state index in [4.69, 9.17) is 4.74 Å². The summed E-state index contributed by atoms with van der Waals surface area (Å²) in [7, 11) is 1.65. The standard InChI is InChI=1S/C19H22N4O/c1-24-19-17-8-7-15(12-18(17)21-22-19)23-10-9-20-13-16(23)11-14-5-3-2-4-6-14/h2-8,12,16,20H,9-11,13H2,1H3,(H,21,22). The normalized spacial score (nSPS) is 18.0. The lowest BCUT2D eigenvalue weighted by Gasteiger charge is -2.38. The number of hydrogen-bond donors (Lipinski definition) is 2. The monoisotopic (exact) mass is 322 g/mol. The molecule has 24 heavy (non-hydrogen) atoms. The SMILES string of the molecule is COc1n[nH]c2cc(N3CCNCC3Cc3ccccc3)ccc12. The van der Waals surface area contributed by atoms with Crippen LogP contribution in [0.1, 0.15) is 5.56 Å². The zero-order chi connectivity index (χ0) is 16.4. The second kappa shape index (κ2) is 6.53. The Morgan fingerprint density at radius 1 is 1.21 bits per heavy atom. The molecular formula is C19H22N4O. The lowest BCUT2D eigenvalue weighted by molar-refractivity contribution is 0.401. The van der Waals surface area contributed by atoms with E-state index in [1.54, 1.807) is 7.11 Å². The predicted molar refractivity (Wildman–Crippen MR) is 96.8 cm³/mol. The minimum absolute atomic E-state index is 0.448. The lowest BCUT2D eigenvalue weighted by atomic mass is 10.0. The number of hydrogen-bond acceptors (Lipinski definition) is 4. The van der Waals surface area contributed by atoms with Crippen molar-refractivity contribution in [1.29, 1.82) is 0 Å². The number of H-pyrrole nitrogens is 1. The minimum atomic E-state index is 0.448. The summed E-state index contributed by atoms with van der Waals surface area (Å²) in [5, 5.41) is 11.8. The molecule has 3 aromatic rings. The molecule has 1 unspecified atom stereocenters. The summed E-state index contributed by atoms with van der Waals surface area (Å²) in [6.07, 6.45) is 1.04. The number of ether oxygens (including phenoxy) is 1. The van der Waals surface area contributed by atoms with Crippen molar-refractivity contribution in [3.05, 3.63) is 54.1 Å². The van der Waals surface area contributed by atoms with Gasteiger partial charge in [0.25, 0.3) is 0 Å². The molecule has 5 nitrogen and oxygen atoms in total. The molecule has 1 aromatic heterocycles. The highest BCUT2D eigenvalue weighted by molar-refractivity contribution is 5.87. The molecule has 1 atom stereocenters. The van der Waals surface area contributed by atoms with Crippen molar-refractivity contribution in [1.82, 2.24) is 15.5 Å². The van der Waals surface area contributed by atoms with Gasteiger partial charge in [0.2, 0.25) is 5.88 Å². The van der Waals surface area contributed by atoms with Gasteiger partial charge in [0.15, 0.2) is 0 Å². The van der Waals surface area contributed by atoms with Crippen molar-refractivity contribution < 1.29 is 4.74 Å². The van der Waals surface area contributed by atoms with Gasteiger partial charge in [-0.2, -0.15) is 0 Å². The molecule has 2 aromatic carbocycles. The summed E-state index contributed by atoms with van der Waals surface area (Å²) < 4.78 is 5.29. The fraction of sp³-hybridized carbons (Fsp3) is 0.316. The number of nitrogens with one attached hydrogen (secondary N) is 2. The zero-order valence-corrected chi connectivity index (χ0v) is 13.8. The van der Waals surface area contributed by atoms with Crippen LogP contribution < -0.4 is 15.0 Å². The molecule has 0 spiro atoms. The van der Waals surface area contributed by atoms with Crippen molar-refractivity contribution in [2.45, 2.75) is 12.5 Å². The Bertz CT molecular complexity index is 815. The fourth-order valence-corrected chi connectivity index (χ4v) is 3.49. The van der Waals surface area contributed by atoms with Crippen molar-refractivity contribution >= 4 is 16.6 Å². The van der Waals surface area contributed by atoms with Gasteiger partial charge in [0.1, 0.15) is 0 Å². The molecular weight excluding hydrogens is 300 g/mol. The van der Waals surface area contributed by atoms with Crippen LogP contribution in [0, 0.1) is 0 Å². The number of rotatable bonds is 4. The first-order valence-corrected chi connectivity index (χ1v) is 8.38. The molecule has 2 N–H and O–H groups in total. The maximum absolute atomic E-state index is 5.29. The van der Waals surface area contributed by atoms with Gasteiger partial charge < -0.3 is 15.0 Å². The molecule has 1 fully saturated rings. The van der Waals surface area contributed by atoms with E-state index in [9.17, 15) is 0 Å². The molecule has 0 amide bonds. The van der Waals surface area contributed by atoms with Crippen molar-refractivity contribution in [2.24, 2.45) is 0 Å². The van der Waals surface area contributed by atoms with Crippen molar-refractivity contribution in [2.75, 3.05) is 31.6 Å². The molecule has 4 rings (SSSR count). The highest BCUT2D eigenvalue weighted by Crippen LogP contribution is 2.28. The van der Waals surface area contributed by atoms with E-state index >= 15 is 0 Å². The Labute approximate surface area is 141 Å². The highest BCUT2D eigenvalue weighted by Gasteiger charge is 2.23. The van der Waals surface area contributed by atoms with Crippen LogP contribution in [0.2, 0.25) is 0 Å². The van der Waals surface area contributed by atoms with E-state index in [0.717, 1.165) is 37.0 Å². The summed E-state index contributed by atoms with van der Waals surface area (Å²) in [6.45, 7) is 3.02. The second-order valence-corrected chi connectivity index (χ2v) is 6.20. The number of aromatic nitrogens is 2. The Balaban J connectivity index is 1.62. The van der Waals surface area contributed by atoms with Crippen LogP contribution in [0.25, 0.3) is 10.9 Å². The smallest absolute Gasteiger partial charge is 0.240 e. The number of anilines is 1. The molecule has 124 valence electrons. The summed E-state index contributed by atoms with van der Waals surface area (Å²) >= 11 is 0. The zero-order valence-electron chi connectivity index (χ0n) is 13.8. The Morgan fingerprint density at radius 2 is 2.08 bits per heavy atom. The molecule has 2 heterocycles. The number of benzene rings is 2. The molecule has 0 aliphatic carbocycles. The summed E-state index contributed by atoms with van der Waals surface area (Å²) in [5.41, 5.74) is 3.62. The average molecular weight is 322 g/mol. The second-order valence-electron chi connectivity index (χ2n) is 6.20. The van der Waals surface area contributed by atoms with Crippen LogP contribution in [0.4, 0.5) is 5.69 Å². The molecule has 1 aliphatic rings. The Hall–Kier alpha value is -2.53. The van der Waals surface area contributed by atoms with Crippen LogP contribution in [0.15, 0.2) is 48.5 Å². The predicted octanol–water partition coefficient (Wildman–Crippen LogP) is 2.59. The van der Waals surface area contributed by atoms with E-state index in [2.05, 4.69) is 68.9 Å². The van der Waals surface area contributed by atoms with Crippen LogP contribution >= 0.6 is 0 Å². The first-order valence-electron chi connectivity index (χ1n) is 8.38. The number of methoxy groups -OCH3 is 1. The average Bonchev–Trinajstić information content (AvgIpc) is 3.05. The third-order valence-electron chi connectivity index (χ3n) is 4.70. The molecule has 0 radical (unpaired) electrons. The highest BCUT2D eigenvalue weighted by atomic mass is 16.5. The van der Waals surface area contributed by atoms with Gasteiger partial charge in [-0.1, -0.05) is 30.3 Å². The number of nitrogens with zero attached hydrogens (tertiary/aromatic N) is 2. The lowest BCUT2D eigenvalue weighted by Crippen LogP contribution is -2.52. The third-order valence-corrected chi connectivity index (χ3v) is 4.70. The quantitative estimate of drug-likeness (QED) is 0.775. The van der Waals surface area contributed by atoms with Gasteiger partial charge in [-0.05, 0) is 30.2 Å².